The summed E-state index contributed by atoms with van der Waals surface area (Å²) in [4.78, 5) is 1.85. The van der Waals surface area contributed by atoms with Crippen LogP contribution in [0.1, 0.15) is 13.3 Å². The van der Waals surface area contributed by atoms with Crippen LogP contribution in [0.4, 0.5) is 8.78 Å². The third-order valence-electron chi connectivity index (χ3n) is 2.31. The Bertz CT molecular complexity index is 130. The first-order chi connectivity index (χ1) is 5.70. The molecule has 0 amide bonds. The van der Waals surface area contributed by atoms with Gasteiger partial charge in [0.05, 0.1) is 6.54 Å². The Labute approximate surface area is 71.9 Å². The average molecular weight is 178 g/mol. The first-order valence-electron chi connectivity index (χ1n) is 4.43. The summed E-state index contributed by atoms with van der Waals surface area (Å²) in [5.41, 5.74) is 0. The van der Waals surface area contributed by atoms with Gasteiger partial charge in [0.2, 0.25) is 0 Å². The molecule has 4 heteroatoms. The molecule has 72 valence electrons. The fourth-order valence-corrected chi connectivity index (χ4v) is 1.51. The van der Waals surface area contributed by atoms with Gasteiger partial charge in [-0.05, 0) is 19.9 Å². The fourth-order valence-electron chi connectivity index (χ4n) is 1.51. The van der Waals surface area contributed by atoms with Crippen molar-refractivity contribution in [2.24, 2.45) is 0 Å². The van der Waals surface area contributed by atoms with Gasteiger partial charge in [-0.1, -0.05) is 0 Å². The molecular formula is C8H16F2N2. The van der Waals surface area contributed by atoms with Gasteiger partial charge >= 0.3 is 0 Å². The topological polar surface area (TPSA) is 15.3 Å². The van der Waals surface area contributed by atoms with Gasteiger partial charge in [0.1, 0.15) is 0 Å². The second kappa shape index (κ2) is 4.72. The molecule has 2 nitrogen and oxygen atoms in total. The van der Waals surface area contributed by atoms with Gasteiger partial charge in [-0.25, -0.2) is 8.78 Å². The van der Waals surface area contributed by atoms with Crippen LogP contribution in [0.3, 0.4) is 0 Å². The number of hydrogen-bond acceptors (Lipinski definition) is 2. The van der Waals surface area contributed by atoms with Gasteiger partial charge in [0, 0.05) is 19.1 Å². The normalized spacial score (nSPS) is 27.5. The number of hydrogen-bond donors (Lipinski definition) is 1. The molecule has 1 N–H and O–H groups in total. The first kappa shape index (κ1) is 9.86. The lowest BCUT2D eigenvalue weighted by Crippen LogP contribution is -2.37. The summed E-state index contributed by atoms with van der Waals surface area (Å²) in [6.07, 6.45) is -1.24. The Morgan fingerprint density at radius 1 is 1.50 bits per heavy atom. The number of alkyl halides is 2. The predicted octanol–water partition coefficient (Wildman–Crippen LogP) is 0.935. The number of nitrogens with one attached hydrogen (secondary N) is 1. The van der Waals surface area contributed by atoms with E-state index < -0.39 is 6.43 Å². The average Bonchev–Trinajstić information content (AvgIpc) is 2.16. The highest BCUT2D eigenvalue weighted by molar-refractivity contribution is 4.73. The molecule has 0 aromatic carbocycles. The van der Waals surface area contributed by atoms with Gasteiger partial charge in [-0.2, -0.15) is 0 Å². The maximum absolute atomic E-state index is 12.1. The molecule has 0 spiro atoms. The molecule has 1 saturated heterocycles. The van der Waals surface area contributed by atoms with Crippen molar-refractivity contribution in [3.8, 4) is 0 Å². The van der Waals surface area contributed by atoms with E-state index in [2.05, 4.69) is 5.32 Å². The summed E-state index contributed by atoms with van der Waals surface area (Å²) in [5.74, 6) is 0. The van der Waals surface area contributed by atoms with Crippen molar-refractivity contribution >= 4 is 0 Å². The largest absolute Gasteiger partial charge is 0.315 e. The first-order valence-corrected chi connectivity index (χ1v) is 4.43. The van der Waals surface area contributed by atoms with E-state index in [4.69, 9.17) is 0 Å². The number of halogens is 2. The molecule has 1 rings (SSSR count). The van der Waals surface area contributed by atoms with E-state index in [0.29, 0.717) is 0 Å². The van der Waals surface area contributed by atoms with Crippen molar-refractivity contribution < 1.29 is 8.78 Å². The van der Waals surface area contributed by atoms with Crippen LogP contribution in [0.5, 0.6) is 0 Å². The molecule has 1 aliphatic rings. The zero-order chi connectivity index (χ0) is 8.97. The molecular weight excluding hydrogens is 162 g/mol. The molecule has 1 heterocycles. The zero-order valence-electron chi connectivity index (χ0n) is 7.39. The lowest BCUT2D eigenvalue weighted by molar-refractivity contribution is 0.0729. The van der Waals surface area contributed by atoms with Crippen LogP contribution in [0.25, 0.3) is 0 Å². The van der Waals surface area contributed by atoms with Gasteiger partial charge in [0.25, 0.3) is 6.43 Å². The molecule has 0 aromatic rings. The van der Waals surface area contributed by atoms with Crippen molar-refractivity contribution in [2.45, 2.75) is 25.8 Å². The van der Waals surface area contributed by atoms with Crippen molar-refractivity contribution in [3.63, 3.8) is 0 Å². The molecule has 0 bridgehead atoms. The van der Waals surface area contributed by atoms with Gasteiger partial charge in [0.15, 0.2) is 0 Å². The summed E-state index contributed by atoms with van der Waals surface area (Å²) in [6, 6.07) is 0.286. The monoisotopic (exact) mass is 178 g/mol. The number of nitrogens with zero attached hydrogens (tertiary/aromatic N) is 1. The third-order valence-corrected chi connectivity index (χ3v) is 2.31. The predicted molar refractivity (Wildman–Crippen MR) is 44.5 cm³/mol. The Balaban J connectivity index is 2.36. The van der Waals surface area contributed by atoms with Crippen molar-refractivity contribution in [2.75, 3.05) is 26.2 Å². The van der Waals surface area contributed by atoms with Crippen LogP contribution in [-0.2, 0) is 0 Å². The van der Waals surface area contributed by atoms with Crippen LogP contribution in [-0.4, -0.2) is 43.5 Å². The Morgan fingerprint density at radius 3 is 2.92 bits per heavy atom. The smallest absolute Gasteiger partial charge is 0.251 e. The fraction of sp³-hybridized carbons (Fsp3) is 1.00. The van der Waals surface area contributed by atoms with E-state index in [9.17, 15) is 8.78 Å². The van der Waals surface area contributed by atoms with E-state index in [0.717, 1.165) is 26.1 Å². The van der Waals surface area contributed by atoms with Crippen LogP contribution in [0.2, 0.25) is 0 Å². The standard InChI is InChI=1S/C8H16F2N2/c1-7-2-3-11-4-5-12(7)6-8(9)10/h7-8,11H,2-6H2,1H3/t7-/m1/s1. The van der Waals surface area contributed by atoms with Gasteiger partial charge < -0.3 is 5.32 Å². The van der Waals surface area contributed by atoms with E-state index in [-0.39, 0.29) is 12.6 Å². The molecule has 0 saturated carbocycles. The highest BCUT2D eigenvalue weighted by Crippen LogP contribution is 2.08. The minimum atomic E-state index is -2.20. The Kier molecular flexibility index (Phi) is 3.88. The van der Waals surface area contributed by atoms with E-state index in [1.807, 2.05) is 11.8 Å². The summed E-state index contributed by atoms with van der Waals surface area (Å²) < 4.78 is 24.1. The molecule has 1 atom stereocenters. The third kappa shape index (κ3) is 3.03. The van der Waals surface area contributed by atoms with Gasteiger partial charge in [-0.15, -0.1) is 0 Å². The second-order valence-corrected chi connectivity index (χ2v) is 3.27. The van der Waals surface area contributed by atoms with Crippen LogP contribution in [0, 0.1) is 0 Å². The number of rotatable bonds is 2. The maximum Gasteiger partial charge on any atom is 0.251 e. The van der Waals surface area contributed by atoms with Crippen molar-refractivity contribution in [1.82, 2.24) is 10.2 Å². The van der Waals surface area contributed by atoms with Crippen molar-refractivity contribution in [3.05, 3.63) is 0 Å². The lowest BCUT2D eigenvalue weighted by Gasteiger charge is -2.25. The molecule has 0 unspecified atom stereocenters. The van der Waals surface area contributed by atoms with Crippen molar-refractivity contribution in [1.29, 1.82) is 0 Å². The molecule has 0 aliphatic carbocycles. The molecule has 0 radical (unpaired) electrons. The minimum Gasteiger partial charge on any atom is -0.315 e. The summed E-state index contributed by atoms with van der Waals surface area (Å²) in [6.45, 7) is 4.45. The quantitative estimate of drug-likeness (QED) is 0.677. The van der Waals surface area contributed by atoms with E-state index >= 15 is 0 Å². The molecule has 0 aromatic heterocycles. The van der Waals surface area contributed by atoms with Crippen LogP contribution in [0.15, 0.2) is 0 Å². The van der Waals surface area contributed by atoms with Crippen LogP contribution < -0.4 is 5.32 Å². The maximum atomic E-state index is 12.1. The summed E-state index contributed by atoms with van der Waals surface area (Å²) in [5, 5.41) is 3.19. The summed E-state index contributed by atoms with van der Waals surface area (Å²) in [7, 11) is 0. The Hall–Kier alpha value is -0.220. The SMILES string of the molecule is C[C@@H]1CCNCCN1CC(F)F. The Morgan fingerprint density at radius 2 is 2.25 bits per heavy atom. The van der Waals surface area contributed by atoms with E-state index in [1.54, 1.807) is 0 Å². The van der Waals surface area contributed by atoms with Crippen LogP contribution >= 0.6 is 0 Å². The van der Waals surface area contributed by atoms with E-state index in [1.165, 1.54) is 0 Å². The molecule has 1 aliphatic heterocycles. The summed E-state index contributed by atoms with van der Waals surface area (Å²) >= 11 is 0. The lowest BCUT2D eigenvalue weighted by atomic mass is 10.2. The molecule has 12 heavy (non-hydrogen) atoms. The zero-order valence-corrected chi connectivity index (χ0v) is 7.39. The highest BCUT2D eigenvalue weighted by Gasteiger charge is 2.19. The highest BCUT2D eigenvalue weighted by atomic mass is 19.3. The van der Waals surface area contributed by atoms with Gasteiger partial charge in [-0.3, -0.25) is 4.90 Å². The molecule has 1 fully saturated rings. The second-order valence-electron chi connectivity index (χ2n) is 3.27. The minimum absolute atomic E-state index is 0.0805.